The standard InChI is InChI=1S/C16H17ClN2O/c17-13-3-4-15-14(9-13)12(10-18-15)5-7-19-8-6-16(20-19)11-1-2-11/h3-4,6,9-11,18H,1-2,5,7-8H2. The van der Waals surface area contributed by atoms with Crippen LogP contribution in [-0.4, -0.2) is 23.1 Å². The lowest BCUT2D eigenvalue weighted by Crippen LogP contribution is -2.21. The highest BCUT2D eigenvalue weighted by atomic mass is 35.5. The summed E-state index contributed by atoms with van der Waals surface area (Å²) in [4.78, 5) is 9.17. The lowest BCUT2D eigenvalue weighted by atomic mass is 10.1. The minimum atomic E-state index is 0.701. The zero-order valence-corrected chi connectivity index (χ0v) is 12.0. The quantitative estimate of drug-likeness (QED) is 0.924. The number of H-pyrrole nitrogens is 1. The summed E-state index contributed by atoms with van der Waals surface area (Å²) in [5, 5.41) is 4.05. The van der Waals surface area contributed by atoms with Gasteiger partial charge in [-0.3, -0.25) is 0 Å². The van der Waals surface area contributed by atoms with E-state index in [-0.39, 0.29) is 0 Å². The van der Waals surface area contributed by atoms with Gasteiger partial charge in [0.05, 0.1) is 6.54 Å². The zero-order chi connectivity index (χ0) is 13.5. The summed E-state index contributed by atoms with van der Waals surface area (Å²) < 4.78 is 0. The van der Waals surface area contributed by atoms with Crippen LogP contribution in [0.5, 0.6) is 0 Å². The number of rotatable bonds is 4. The number of hydroxylamine groups is 2. The second-order valence-corrected chi connectivity index (χ2v) is 6.05. The second kappa shape index (κ2) is 4.83. The largest absolute Gasteiger partial charge is 0.410 e. The van der Waals surface area contributed by atoms with Crippen LogP contribution in [0.25, 0.3) is 10.9 Å². The van der Waals surface area contributed by atoms with Crippen molar-refractivity contribution in [3.63, 3.8) is 0 Å². The first kappa shape index (κ1) is 12.3. The number of fused-ring (bicyclic) bond motifs is 1. The van der Waals surface area contributed by atoms with E-state index in [1.54, 1.807) is 0 Å². The molecule has 0 radical (unpaired) electrons. The highest BCUT2D eigenvalue weighted by Crippen LogP contribution is 2.39. The normalized spacial score (nSPS) is 19.4. The lowest BCUT2D eigenvalue weighted by Gasteiger charge is -2.16. The van der Waals surface area contributed by atoms with Crippen molar-refractivity contribution in [2.24, 2.45) is 5.92 Å². The fourth-order valence-corrected chi connectivity index (χ4v) is 2.94. The van der Waals surface area contributed by atoms with Crippen LogP contribution in [0.2, 0.25) is 5.02 Å². The molecule has 1 aromatic heterocycles. The molecule has 1 saturated carbocycles. The van der Waals surface area contributed by atoms with Crippen LogP contribution in [0, 0.1) is 5.92 Å². The minimum Gasteiger partial charge on any atom is -0.410 e. The number of benzene rings is 1. The highest BCUT2D eigenvalue weighted by Gasteiger charge is 2.31. The summed E-state index contributed by atoms with van der Waals surface area (Å²) in [7, 11) is 0. The van der Waals surface area contributed by atoms with Crippen molar-refractivity contribution in [2.75, 3.05) is 13.1 Å². The summed E-state index contributed by atoms with van der Waals surface area (Å²) >= 11 is 6.08. The Balaban J connectivity index is 1.42. The molecule has 20 heavy (non-hydrogen) atoms. The van der Waals surface area contributed by atoms with E-state index in [1.165, 1.54) is 29.6 Å². The van der Waals surface area contributed by atoms with Crippen LogP contribution >= 0.6 is 11.6 Å². The third-order valence-electron chi connectivity index (χ3n) is 4.07. The van der Waals surface area contributed by atoms with E-state index in [1.807, 2.05) is 18.2 Å². The van der Waals surface area contributed by atoms with Crippen LogP contribution in [-0.2, 0) is 11.3 Å². The minimum absolute atomic E-state index is 0.701. The fraction of sp³-hybridized carbons (Fsp3) is 0.375. The predicted octanol–water partition coefficient (Wildman–Crippen LogP) is 3.90. The van der Waals surface area contributed by atoms with Crippen LogP contribution in [0.1, 0.15) is 18.4 Å². The van der Waals surface area contributed by atoms with Crippen LogP contribution in [0.4, 0.5) is 0 Å². The van der Waals surface area contributed by atoms with Gasteiger partial charge in [-0.25, -0.2) is 0 Å². The molecular formula is C16H17ClN2O. The van der Waals surface area contributed by atoms with E-state index in [0.717, 1.165) is 30.0 Å². The molecule has 0 spiro atoms. The second-order valence-electron chi connectivity index (χ2n) is 5.61. The van der Waals surface area contributed by atoms with Crippen LogP contribution < -0.4 is 0 Å². The molecule has 4 heteroatoms. The molecule has 1 aliphatic carbocycles. The average Bonchev–Trinajstić information content (AvgIpc) is 3.06. The first-order valence-corrected chi connectivity index (χ1v) is 7.56. The van der Waals surface area contributed by atoms with Crippen molar-refractivity contribution in [2.45, 2.75) is 19.3 Å². The number of halogens is 1. The summed E-state index contributed by atoms with van der Waals surface area (Å²) in [6.45, 7) is 1.82. The first-order valence-electron chi connectivity index (χ1n) is 7.18. The first-order chi connectivity index (χ1) is 9.79. The molecule has 1 fully saturated rings. The molecule has 2 heterocycles. The highest BCUT2D eigenvalue weighted by molar-refractivity contribution is 6.31. The molecule has 2 aromatic rings. The number of nitrogens with zero attached hydrogens (tertiary/aromatic N) is 1. The molecule has 1 aliphatic heterocycles. The smallest absolute Gasteiger partial charge is 0.125 e. The van der Waals surface area contributed by atoms with Crippen LogP contribution in [0.15, 0.2) is 36.2 Å². The van der Waals surface area contributed by atoms with Gasteiger partial charge in [0.15, 0.2) is 0 Å². The van der Waals surface area contributed by atoms with E-state index >= 15 is 0 Å². The van der Waals surface area contributed by atoms with E-state index in [0.29, 0.717) is 5.92 Å². The Morgan fingerprint density at radius 3 is 3.10 bits per heavy atom. The summed E-state index contributed by atoms with van der Waals surface area (Å²) in [5.74, 6) is 1.89. The zero-order valence-electron chi connectivity index (χ0n) is 11.2. The van der Waals surface area contributed by atoms with Gasteiger partial charge >= 0.3 is 0 Å². The molecule has 0 unspecified atom stereocenters. The number of hydrogen-bond acceptors (Lipinski definition) is 2. The molecule has 0 saturated heterocycles. The summed E-state index contributed by atoms with van der Waals surface area (Å²) in [6, 6.07) is 5.97. The van der Waals surface area contributed by atoms with Crippen molar-refractivity contribution in [1.29, 1.82) is 0 Å². The Morgan fingerprint density at radius 2 is 2.25 bits per heavy atom. The molecule has 2 aliphatic rings. The molecule has 0 atom stereocenters. The Kier molecular flexibility index (Phi) is 2.97. The van der Waals surface area contributed by atoms with Gasteiger partial charge in [-0.1, -0.05) is 11.6 Å². The molecule has 3 nitrogen and oxygen atoms in total. The maximum Gasteiger partial charge on any atom is 0.125 e. The van der Waals surface area contributed by atoms with Gasteiger partial charge in [0.2, 0.25) is 0 Å². The Morgan fingerprint density at radius 1 is 1.35 bits per heavy atom. The van der Waals surface area contributed by atoms with Crippen molar-refractivity contribution >= 4 is 22.5 Å². The van der Waals surface area contributed by atoms with Gasteiger partial charge in [0, 0.05) is 34.6 Å². The van der Waals surface area contributed by atoms with Crippen molar-refractivity contribution in [1.82, 2.24) is 10.0 Å². The maximum absolute atomic E-state index is 6.08. The van der Waals surface area contributed by atoms with Crippen LogP contribution in [0.3, 0.4) is 0 Å². The fourth-order valence-electron chi connectivity index (χ4n) is 2.76. The average molecular weight is 289 g/mol. The number of aromatic amines is 1. The van der Waals surface area contributed by atoms with E-state index in [9.17, 15) is 0 Å². The van der Waals surface area contributed by atoms with Crippen molar-refractivity contribution < 1.29 is 4.84 Å². The monoisotopic (exact) mass is 288 g/mol. The van der Waals surface area contributed by atoms with E-state index in [2.05, 4.69) is 22.3 Å². The molecule has 0 amide bonds. The van der Waals surface area contributed by atoms with Gasteiger partial charge in [0.1, 0.15) is 5.76 Å². The summed E-state index contributed by atoms with van der Waals surface area (Å²) in [6.07, 6.45) is 7.85. The van der Waals surface area contributed by atoms with E-state index < -0.39 is 0 Å². The van der Waals surface area contributed by atoms with E-state index in [4.69, 9.17) is 16.4 Å². The third kappa shape index (κ3) is 2.32. The molecule has 104 valence electrons. The molecule has 0 bridgehead atoms. The molecule has 1 N–H and O–H groups in total. The van der Waals surface area contributed by atoms with Gasteiger partial charge in [-0.05, 0) is 49.1 Å². The number of hydrogen-bond donors (Lipinski definition) is 1. The molecule has 4 rings (SSSR count). The van der Waals surface area contributed by atoms with Gasteiger partial charge < -0.3 is 9.82 Å². The SMILES string of the molecule is Clc1ccc2[nH]cc(CCN3CC=C(C4CC4)O3)c2c1. The maximum atomic E-state index is 6.08. The third-order valence-corrected chi connectivity index (χ3v) is 4.31. The van der Waals surface area contributed by atoms with Gasteiger partial charge in [-0.2, -0.15) is 0 Å². The number of nitrogens with one attached hydrogen (secondary N) is 1. The predicted molar refractivity (Wildman–Crippen MR) is 80.5 cm³/mol. The lowest BCUT2D eigenvalue weighted by molar-refractivity contribution is -0.0945. The summed E-state index contributed by atoms with van der Waals surface area (Å²) in [5.41, 5.74) is 2.44. The Bertz CT molecular complexity index is 672. The van der Waals surface area contributed by atoms with Crippen molar-refractivity contribution in [3.05, 3.63) is 46.8 Å². The molecule has 1 aromatic carbocycles. The Hall–Kier alpha value is -1.45. The van der Waals surface area contributed by atoms with Gasteiger partial charge in [-0.15, -0.1) is 5.06 Å². The van der Waals surface area contributed by atoms with Gasteiger partial charge in [0.25, 0.3) is 0 Å². The number of allylic oxidation sites excluding steroid dienone is 1. The topological polar surface area (TPSA) is 28.3 Å². The van der Waals surface area contributed by atoms with Crippen molar-refractivity contribution in [3.8, 4) is 0 Å². The number of aromatic nitrogens is 1. The molecular weight excluding hydrogens is 272 g/mol. The Labute approximate surface area is 123 Å².